The summed E-state index contributed by atoms with van der Waals surface area (Å²) in [4.78, 5) is 15.3. The number of nitrogens with zero attached hydrogens (tertiary/aromatic N) is 3. The Balaban J connectivity index is 2.23. The molecular weight excluding hydrogens is 276 g/mol. The smallest absolute Gasteiger partial charge is 0.412 e. The summed E-state index contributed by atoms with van der Waals surface area (Å²) >= 11 is 3.29. The van der Waals surface area contributed by atoms with Crippen molar-refractivity contribution in [2.45, 2.75) is 6.92 Å². The Hall–Kier alpha value is -1.63. The summed E-state index contributed by atoms with van der Waals surface area (Å²) in [6.45, 7) is 2.06. The van der Waals surface area contributed by atoms with E-state index in [1.54, 1.807) is 29.9 Å². The number of ether oxygens (including phenoxy) is 1. The molecule has 0 unspecified atom stereocenters. The van der Waals surface area contributed by atoms with Crippen LogP contribution in [0.25, 0.3) is 5.65 Å². The van der Waals surface area contributed by atoms with E-state index in [1.807, 2.05) is 0 Å². The third kappa shape index (κ3) is 2.30. The Bertz CT molecular complexity index is 525. The van der Waals surface area contributed by atoms with Gasteiger partial charge in [0.2, 0.25) is 0 Å². The zero-order chi connectivity index (χ0) is 11.5. The maximum Gasteiger partial charge on any atom is 0.412 e. The lowest BCUT2D eigenvalue weighted by atomic mass is 10.6. The fourth-order valence-corrected chi connectivity index (χ4v) is 1.48. The molecule has 0 aliphatic heterocycles. The van der Waals surface area contributed by atoms with Gasteiger partial charge in [-0.3, -0.25) is 5.32 Å². The molecule has 0 saturated heterocycles. The van der Waals surface area contributed by atoms with E-state index in [0.29, 0.717) is 18.1 Å². The molecule has 0 aliphatic carbocycles. The Morgan fingerprint density at radius 3 is 3.25 bits per heavy atom. The molecule has 0 bridgehead atoms. The average Bonchev–Trinajstić information content (AvgIpc) is 2.59. The second-order valence-electron chi connectivity index (χ2n) is 2.95. The van der Waals surface area contributed by atoms with E-state index in [4.69, 9.17) is 4.74 Å². The van der Waals surface area contributed by atoms with Crippen molar-refractivity contribution >= 4 is 33.5 Å². The Morgan fingerprint density at radius 1 is 1.69 bits per heavy atom. The molecule has 7 heteroatoms. The van der Waals surface area contributed by atoms with E-state index in [1.165, 1.54) is 0 Å². The monoisotopic (exact) mass is 284 g/mol. The number of fused-ring (bicyclic) bond motifs is 1. The highest BCUT2D eigenvalue weighted by Gasteiger charge is 2.06. The number of nitrogens with one attached hydrogen (secondary N) is 1. The molecule has 0 atom stereocenters. The van der Waals surface area contributed by atoms with Crippen molar-refractivity contribution in [2.24, 2.45) is 0 Å². The number of anilines is 1. The third-order valence-electron chi connectivity index (χ3n) is 1.79. The summed E-state index contributed by atoms with van der Waals surface area (Å²) in [5.74, 6) is 0.407. The van der Waals surface area contributed by atoms with Crippen molar-refractivity contribution in [1.82, 2.24) is 14.6 Å². The van der Waals surface area contributed by atoms with E-state index in [2.05, 4.69) is 31.3 Å². The highest BCUT2D eigenvalue weighted by molar-refractivity contribution is 9.10. The predicted molar refractivity (Wildman–Crippen MR) is 61.3 cm³/mol. The molecule has 6 nitrogen and oxygen atoms in total. The number of amides is 1. The van der Waals surface area contributed by atoms with Gasteiger partial charge in [0.1, 0.15) is 0 Å². The molecule has 84 valence electrons. The van der Waals surface area contributed by atoms with Gasteiger partial charge in [-0.25, -0.2) is 14.3 Å². The number of aromatic nitrogens is 3. The maximum atomic E-state index is 11.1. The number of hydrogen-bond acceptors (Lipinski definition) is 4. The van der Waals surface area contributed by atoms with Crippen molar-refractivity contribution < 1.29 is 9.53 Å². The zero-order valence-corrected chi connectivity index (χ0v) is 10.1. The zero-order valence-electron chi connectivity index (χ0n) is 8.48. The summed E-state index contributed by atoms with van der Waals surface area (Å²) < 4.78 is 7.13. The molecule has 0 radical (unpaired) electrons. The first-order valence-electron chi connectivity index (χ1n) is 4.63. The minimum absolute atomic E-state index is 0.322. The molecule has 2 rings (SSSR count). The van der Waals surface area contributed by atoms with Crippen molar-refractivity contribution in [2.75, 3.05) is 11.9 Å². The Labute approximate surface area is 99.7 Å². The fraction of sp³-hybridized carbons (Fsp3) is 0.222. The molecule has 2 heterocycles. The van der Waals surface area contributed by atoms with Gasteiger partial charge in [0.15, 0.2) is 11.5 Å². The lowest BCUT2D eigenvalue weighted by molar-refractivity contribution is 0.168. The molecule has 1 amide bonds. The number of carbonyl (C=O) groups excluding carboxylic acids is 1. The third-order valence-corrected chi connectivity index (χ3v) is 2.23. The van der Waals surface area contributed by atoms with Gasteiger partial charge < -0.3 is 4.74 Å². The van der Waals surface area contributed by atoms with Crippen molar-refractivity contribution in [3.8, 4) is 0 Å². The highest BCUT2D eigenvalue weighted by atomic mass is 79.9. The molecule has 0 fully saturated rings. The summed E-state index contributed by atoms with van der Waals surface area (Å²) in [7, 11) is 0. The number of rotatable bonds is 2. The fourth-order valence-electron chi connectivity index (χ4n) is 1.19. The van der Waals surface area contributed by atoms with Crippen LogP contribution in [0.1, 0.15) is 6.92 Å². The van der Waals surface area contributed by atoms with Gasteiger partial charge in [0, 0.05) is 4.47 Å². The average molecular weight is 285 g/mol. The number of imidazole rings is 1. The van der Waals surface area contributed by atoms with Crippen LogP contribution in [-0.4, -0.2) is 27.3 Å². The normalized spacial score (nSPS) is 10.4. The standard InChI is InChI=1S/C9H9BrN4O2/c1-2-16-9(15)13-7-5-14-8(12-7)3-6(10)4-11-14/h3-5H,2H2,1H3,(H,13,15). The van der Waals surface area contributed by atoms with Crippen LogP contribution in [0.3, 0.4) is 0 Å². The van der Waals surface area contributed by atoms with Crippen LogP contribution >= 0.6 is 15.9 Å². The number of carbonyl (C=O) groups is 1. The molecule has 2 aromatic heterocycles. The molecule has 0 spiro atoms. The van der Waals surface area contributed by atoms with Crippen LogP contribution in [-0.2, 0) is 4.74 Å². The van der Waals surface area contributed by atoms with Gasteiger partial charge >= 0.3 is 6.09 Å². The highest BCUT2D eigenvalue weighted by Crippen LogP contribution is 2.13. The summed E-state index contributed by atoms with van der Waals surface area (Å²) in [5, 5.41) is 6.57. The van der Waals surface area contributed by atoms with Crippen molar-refractivity contribution in [3.63, 3.8) is 0 Å². The van der Waals surface area contributed by atoms with E-state index in [0.717, 1.165) is 4.47 Å². The van der Waals surface area contributed by atoms with Crippen LogP contribution in [0.5, 0.6) is 0 Å². The van der Waals surface area contributed by atoms with Gasteiger partial charge in [0.05, 0.1) is 19.0 Å². The second-order valence-corrected chi connectivity index (χ2v) is 3.86. The first-order chi connectivity index (χ1) is 7.69. The summed E-state index contributed by atoms with van der Waals surface area (Å²) in [6, 6.07) is 1.79. The van der Waals surface area contributed by atoms with Gasteiger partial charge in [-0.15, -0.1) is 0 Å². The van der Waals surface area contributed by atoms with E-state index in [9.17, 15) is 4.79 Å². The molecular formula is C9H9BrN4O2. The second kappa shape index (κ2) is 4.48. The van der Waals surface area contributed by atoms with E-state index in [-0.39, 0.29) is 0 Å². The quantitative estimate of drug-likeness (QED) is 0.917. The van der Waals surface area contributed by atoms with Crippen LogP contribution in [0.4, 0.5) is 10.6 Å². The van der Waals surface area contributed by atoms with Gasteiger partial charge in [-0.05, 0) is 28.9 Å². The topological polar surface area (TPSA) is 68.5 Å². The molecule has 0 aliphatic rings. The van der Waals surface area contributed by atoms with Gasteiger partial charge in [-0.1, -0.05) is 0 Å². The van der Waals surface area contributed by atoms with Crippen LogP contribution in [0.15, 0.2) is 22.9 Å². The molecule has 0 aromatic carbocycles. The van der Waals surface area contributed by atoms with Crippen LogP contribution in [0, 0.1) is 0 Å². The Morgan fingerprint density at radius 2 is 2.50 bits per heavy atom. The maximum absolute atomic E-state index is 11.1. The minimum atomic E-state index is -0.523. The number of hydrogen-bond donors (Lipinski definition) is 1. The van der Waals surface area contributed by atoms with Crippen LogP contribution in [0.2, 0.25) is 0 Å². The summed E-state index contributed by atoms with van der Waals surface area (Å²) in [5.41, 5.74) is 0.640. The molecule has 1 N–H and O–H groups in total. The number of halogens is 1. The molecule has 16 heavy (non-hydrogen) atoms. The largest absolute Gasteiger partial charge is 0.450 e. The lowest BCUT2D eigenvalue weighted by Gasteiger charge is -1.99. The van der Waals surface area contributed by atoms with Gasteiger partial charge in [-0.2, -0.15) is 5.10 Å². The Kier molecular flexibility index (Phi) is 3.04. The predicted octanol–water partition coefficient (Wildman–Crippen LogP) is 2.06. The molecule has 2 aromatic rings. The SMILES string of the molecule is CCOC(=O)Nc1cn2ncc(Br)cc2n1. The van der Waals surface area contributed by atoms with E-state index >= 15 is 0 Å². The van der Waals surface area contributed by atoms with Gasteiger partial charge in [0.25, 0.3) is 0 Å². The first-order valence-corrected chi connectivity index (χ1v) is 5.43. The van der Waals surface area contributed by atoms with E-state index < -0.39 is 6.09 Å². The first kappa shape index (κ1) is 10.9. The van der Waals surface area contributed by atoms with Crippen LogP contribution < -0.4 is 5.32 Å². The summed E-state index contributed by atoms with van der Waals surface area (Å²) in [6.07, 6.45) is 2.73. The minimum Gasteiger partial charge on any atom is -0.450 e. The molecule has 0 saturated carbocycles. The lowest BCUT2D eigenvalue weighted by Crippen LogP contribution is -2.13. The van der Waals surface area contributed by atoms with Crippen molar-refractivity contribution in [3.05, 3.63) is 22.9 Å². The van der Waals surface area contributed by atoms with Crippen molar-refractivity contribution in [1.29, 1.82) is 0 Å².